The second kappa shape index (κ2) is 8.29. The highest BCUT2D eigenvalue weighted by Crippen LogP contribution is 2.26. The molecule has 8 nitrogen and oxygen atoms in total. The number of hydrogen-bond donors (Lipinski definition) is 2. The van der Waals surface area contributed by atoms with Gasteiger partial charge in [0.25, 0.3) is 21.6 Å². The van der Waals surface area contributed by atoms with Gasteiger partial charge in [0.15, 0.2) is 0 Å². The van der Waals surface area contributed by atoms with Crippen LogP contribution in [-0.4, -0.2) is 19.2 Å². The minimum Gasteiger partial charge on any atom is -0.322 e. The monoisotopic (exact) mass is 431 g/mol. The molecule has 0 heterocycles. The number of nitrogens with zero attached hydrogens (tertiary/aromatic N) is 1. The molecule has 3 aromatic carbocycles. The van der Waals surface area contributed by atoms with Crippen LogP contribution in [0.1, 0.15) is 10.4 Å². The first-order chi connectivity index (χ1) is 13.8. The van der Waals surface area contributed by atoms with Crippen LogP contribution >= 0.6 is 11.6 Å². The van der Waals surface area contributed by atoms with E-state index in [1.807, 2.05) is 0 Å². The summed E-state index contributed by atoms with van der Waals surface area (Å²) < 4.78 is 27.2. The van der Waals surface area contributed by atoms with Gasteiger partial charge in [0.1, 0.15) is 0 Å². The lowest BCUT2D eigenvalue weighted by molar-refractivity contribution is -0.384. The maximum atomic E-state index is 12.4. The summed E-state index contributed by atoms with van der Waals surface area (Å²) in [5.74, 6) is -0.551. The minimum atomic E-state index is -3.83. The summed E-state index contributed by atoms with van der Waals surface area (Å²) in [7, 11) is -3.83. The Morgan fingerprint density at radius 2 is 1.69 bits per heavy atom. The van der Waals surface area contributed by atoms with Crippen molar-refractivity contribution in [1.82, 2.24) is 0 Å². The molecule has 0 bridgehead atoms. The molecule has 10 heteroatoms. The molecule has 0 spiro atoms. The van der Waals surface area contributed by atoms with E-state index in [-0.39, 0.29) is 32.5 Å². The normalized spacial score (nSPS) is 10.9. The van der Waals surface area contributed by atoms with Crippen LogP contribution in [0.15, 0.2) is 77.7 Å². The van der Waals surface area contributed by atoms with Crippen molar-refractivity contribution in [3.63, 3.8) is 0 Å². The lowest BCUT2D eigenvalue weighted by Gasteiger charge is -2.11. The van der Waals surface area contributed by atoms with E-state index in [0.29, 0.717) is 0 Å². The largest absolute Gasteiger partial charge is 0.322 e. The third kappa shape index (κ3) is 4.89. The van der Waals surface area contributed by atoms with Gasteiger partial charge in [0.2, 0.25) is 0 Å². The van der Waals surface area contributed by atoms with Crippen LogP contribution < -0.4 is 10.0 Å². The zero-order chi connectivity index (χ0) is 21.0. The summed E-state index contributed by atoms with van der Waals surface area (Å²) in [4.78, 5) is 22.7. The predicted octanol–water partition coefficient (Wildman–Crippen LogP) is 4.30. The van der Waals surface area contributed by atoms with Gasteiger partial charge in [0.05, 0.1) is 20.5 Å². The molecule has 3 aromatic rings. The number of rotatable bonds is 6. The number of nitrogens with one attached hydrogen (secondary N) is 2. The summed E-state index contributed by atoms with van der Waals surface area (Å²) in [6.07, 6.45) is 0. The van der Waals surface area contributed by atoms with Gasteiger partial charge in [-0.3, -0.25) is 19.6 Å². The second-order valence-corrected chi connectivity index (χ2v) is 7.96. The Morgan fingerprint density at radius 1 is 0.966 bits per heavy atom. The first kappa shape index (κ1) is 20.3. The number of nitro benzene ring substituents is 1. The third-order valence-corrected chi connectivity index (χ3v) is 5.54. The average molecular weight is 432 g/mol. The number of carbonyl (C=O) groups is 1. The standard InChI is InChI=1S/C19H14ClN3O5S/c20-17-11-13(19(24)21-14-5-4-6-15(12-14)23(25)26)9-10-18(17)22-29(27,28)16-7-2-1-3-8-16/h1-12,22H,(H,21,24). The van der Waals surface area contributed by atoms with Crippen molar-refractivity contribution in [1.29, 1.82) is 0 Å². The number of sulfonamides is 1. The van der Waals surface area contributed by atoms with Gasteiger partial charge in [-0.05, 0) is 36.4 Å². The Kier molecular flexibility index (Phi) is 5.81. The minimum absolute atomic E-state index is 0.0243. The quantitative estimate of drug-likeness (QED) is 0.445. The fraction of sp³-hybridized carbons (Fsp3) is 0. The van der Waals surface area contributed by atoms with Crippen molar-refractivity contribution in [2.45, 2.75) is 4.90 Å². The molecule has 0 aromatic heterocycles. The highest BCUT2D eigenvalue weighted by Gasteiger charge is 2.17. The van der Waals surface area contributed by atoms with Gasteiger partial charge in [-0.1, -0.05) is 35.9 Å². The lowest BCUT2D eigenvalue weighted by Crippen LogP contribution is -2.14. The Hall–Kier alpha value is -3.43. The second-order valence-electron chi connectivity index (χ2n) is 5.87. The number of halogens is 1. The van der Waals surface area contributed by atoms with Crippen molar-refractivity contribution < 1.29 is 18.1 Å². The van der Waals surface area contributed by atoms with E-state index in [2.05, 4.69) is 10.0 Å². The molecule has 1 amide bonds. The summed E-state index contributed by atoms with van der Waals surface area (Å²) in [5, 5.41) is 13.4. The Morgan fingerprint density at radius 3 is 2.34 bits per heavy atom. The summed E-state index contributed by atoms with van der Waals surface area (Å²) in [5.41, 5.74) is 0.354. The van der Waals surface area contributed by atoms with Crippen LogP contribution in [0, 0.1) is 10.1 Å². The first-order valence-electron chi connectivity index (χ1n) is 8.19. The molecule has 29 heavy (non-hydrogen) atoms. The number of non-ortho nitro benzene ring substituents is 1. The van der Waals surface area contributed by atoms with Crippen molar-refractivity contribution in [2.24, 2.45) is 0 Å². The topological polar surface area (TPSA) is 118 Å². The van der Waals surface area contributed by atoms with Gasteiger partial charge in [0, 0.05) is 23.4 Å². The molecule has 0 unspecified atom stereocenters. The van der Waals surface area contributed by atoms with Crippen LogP contribution in [0.3, 0.4) is 0 Å². The van der Waals surface area contributed by atoms with Crippen molar-refractivity contribution in [3.05, 3.63) is 93.5 Å². The van der Waals surface area contributed by atoms with Gasteiger partial charge in [-0.25, -0.2) is 8.42 Å². The van der Waals surface area contributed by atoms with Gasteiger partial charge >= 0.3 is 0 Å². The summed E-state index contributed by atoms with van der Waals surface area (Å²) in [6.45, 7) is 0. The third-order valence-electron chi connectivity index (χ3n) is 3.84. The van der Waals surface area contributed by atoms with E-state index in [1.54, 1.807) is 18.2 Å². The SMILES string of the molecule is O=C(Nc1cccc([N+](=O)[O-])c1)c1ccc(NS(=O)(=O)c2ccccc2)c(Cl)c1. The molecule has 2 N–H and O–H groups in total. The highest BCUT2D eigenvalue weighted by atomic mass is 35.5. The smallest absolute Gasteiger partial charge is 0.271 e. The molecule has 0 atom stereocenters. The maximum Gasteiger partial charge on any atom is 0.271 e. The number of nitro groups is 1. The number of carbonyl (C=O) groups excluding carboxylic acids is 1. The van der Waals surface area contributed by atoms with Crippen LogP contribution in [-0.2, 0) is 10.0 Å². The zero-order valence-electron chi connectivity index (χ0n) is 14.7. The van der Waals surface area contributed by atoms with E-state index in [0.717, 1.165) is 0 Å². The summed E-state index contributed by atoms with van der Waals surface area (Å²) in [6, 6.07) is 17.3. The van der Waals surface area contributed by atoms with Gasteiger partial charge in [-0.15, -0.1) is 0 Å². The van der Waals surface area contributed by atoms with Crippen LogP contribution in [0.4, 0.5) is 17.1 Å². The molecule has 0 saturated carbocycles. The van der Waals surface area contributed by atoms with E-state index >= 15 is 0 Å². The van der Waals surface area contributed by atoms with E-state index in [1.165, 1.54) is 54.6 Å². The predicted molar refractivity (Wildman–Crippen MR) is 110 cm³/mol. The maximum absolute atomic E-state index is 12.4. The van der Waals surface area contributed by atoms with Gasteiger partial charge < -0.3 is 5.32 Å². The Labute approximate surface area is 171 Å². The van der Waals surface area contributed by atoms with E-state index in [4.69, 9.17) is 11.6 Å². The molecule has 148 valence electrons. The van der Waals surface area contributed by atoms with Crippen molar-refractivity contribution in [2.75, 3.05) is 10.0 Å². The highest BCUT2D eigenvalue weighted by molar-refractivity contribution is 7.92. The average Bonchev–Trinajstić information content (AvgIpc) is 2.70. The molecule has 3 rings (SSSR count). The molecule has 0 aliphatic heterocycles. The van der Waals surface area contributed by atoms with E-state index < -0.39 is 20.9 Å². The lowest BCUT2D eigenvalue weighted by atomic mass is 10.2. The number of hydrogen-bond acceptors (Lipinski definition) is 5. The van der Waals surface area contributed by atoms with Crippen LogP contribution in [0.2, 0.25) is 5.02 Å². The first-order valence-corrected chi connectivity index (χ1v) is 10.1. The number of amides is 1. The Bertz CT molecular complexity index is 1180. The van der Waals surface area contributed by atoms with Crippen LogP contribution in [0.25, 0.3) is 0 Å². The molecular weight excluding hydrogens is 418 g/mol. The molecule has 0 radical (unpaired) electrons. The molecule has 0 aliphatic rings. The molecule has 0 saturated heterocycles. The fourth-order valence-electron chi connectivity index (χ4n) is 2.44. The Balaban J connectivity index is 1.78. The van der Waals surface area contributed by atoms with Crippen LogP contribution in [0.5, 0.6) is 0 Å². The summed E-state index contributed by atoms with van der Waals surface area (Å²) >= 11 is 6.14. The van der Waals surface area contributed by atoms with Gasteiger partial charge in [-0.2, -0.15) is 0 Å². The molecular formula is C19H14ClN3O5S. The van der Waals surface area contributed by atoms with Crippen molar-refractivity contribution >= 4 is 44.6 Å². The van der Waals surface area contributed by atoms with E-state index in [9.17, 15) is 23.3 Å². The number of anilines is 2. The molecule has 0 fully saturated rings. The number of benzene rings is 3. The zero-order valence-corrected chi connectivity index (χ0v) is 16.3. The fourth-order valence-corrected chi connectivity index (χ4v) is 3.83. The molecule has 0 aliphatic carbocycles. The van der Waals surface area contributed by atoms with Crippen molar-refractivity contribution in [3.8, 4) is 0 Å².